The summed E-state index contributed by atoms with van der Waals surface area (Å²) >= 11 is 0. The predicted molar refractivity (Wildman–Crippen MR) is 119 cm³/mol. The average molecular weight is 540 g/mol. The molecule has 0 aliphatic heterocycles. The van der Waals surface area contributed by atoms with Gasteiger partial charge in [0.1, 0.15) is 12.2 Å². The van der Waals surface area contributed by atoms with E-state index in [1.165, 1.54) is 12.3 Å². The average Bonchev–Trinajstić information content (AvgIpc) is 2.71. The summed E-state index contributed by atoms with van der Waals surface area (Å²) in [4.78, 5) is 7.72. The van der Waals surface area contributed by atoms with Crippen molar-refractivity contribution < 1.29 is 27.4 Å². The van der Waals surface area contributed by atoms with Crippen LogP contribution in [0.1, 0.15) is 12.5 Å². The van der Waals surface area contributed by atoms with Crippen molar-refractivity contribution in [1.82, 2.24) is 10.3 Å². The first-order valence-electron chi connectivity index (χ1n) is 8.82. The van der Waals surface area contributed by atoms with Crippen molar-refractivity contribution in [1.29, 1.82) is 0 Å². The van der Waals surface area contributed by atoms with Gasteiger partial charge in [-0.25, -0.2) is 4.98 Å². The fourth-order valence-electron chi connectivity index (χ4n) is 2.37. The number of hydrogen-bond donors (Lipinski definition) is 2. The highest BCUT2D eigenvalue weighted by molar-refractivity contribution is 14.0. The van der Waals surface area contributed by atoms with Crippen molar-refractivity contribution in [3.63, 3.8) is 0 Å². The Hall–Kier alpha value is -2.44. The molecule has 0 spiro atoms. The third-order valence-electron chi connectivity index (χ3n) is 3.66. The number of nitrogens with one attached hydrogen (secondary N) is 2. The Morgan fingerprint density at radius 1 is 1.17 bits per heavy atom. The molecule has 30 heavy (non-hydrogen) atoms. The van der Waals surface area contributed by atoms with Crippen molar-refractivity contribution in [3.05, 3.63) is 42.1 Å². The van der Waals surface area contributed by atoms with Gasteiger partial charge in [0.15, 0.2) is 17.5 Å². The van der Waals surface area contributed by atoms with Gasteiger partial charge < -0.3 is 24.8 Å². The summed E-state index contributed by atoms with van der Waals surface area (Å²) in [7, 11) is 3.11. The van der Waals surface area contributed by atoms with E-state index in [0.717, 1.165) is 6.07 Å². The summed E-state index contributed by atoms with van der Waals surface area (Å²) in [5.41, 5.74) is -0.215. The molecule has 0 radical (unpaired) electrons. The first-order chi connectivity index (χ1) is 13.9. The molecule has 0 atom stereocenters. The normalized spacial score (nSPS) is 11.3. The van der Waals surface area contributed by atoms with Crippen molar-refractivity contribution in [2.75, 3.05) is 39.2 Å². The van der Waals surface area contributed by atoms with E-state index in [1.54, 1.807) is 32.4 Å². The van der Waals surface area contributed by atoms with Crippen LogP contribution in [0.25, 0.3) is 0 Å². The van der Waals surface area contributed by atoms with Crippen molar-refractivity contribution in [2.24, 2.45) is 4.99 Å². The molecule has 1 aromatic carbocycles. The van der Waals surface area contributed by atoms with Crippen LogP contribution in [0.15, 0.2) is 41.5 Å². The zero-order valence-corrected chi connectivity index (χ0v) is 19.1. The second-order valence-electron chi connectivity index (χ2n) is 5.62. The van der Waals surface area contributed by atoms with E-state index < -0.39 is 17.6 Å². The van der Waals surface area contributed by atoms with Gasteiger partial charge in [-0.3, -0.25) is 4.99 Å². The highest BCUT2D eigenvalue weighted by Crippen LogP contribution is 2.34. The number of hydrogen-bond acceptors (Lipinski definition) is 5. The van der Waals surface area contributed by atoms with Crippen LogP contribution >= 0.6 is 24.0 Å². The van der Waals surface area contributed by atoms with Crippen molar-refractivity contribution in [3.8, 4) is 17.4 Å². The summed E-state index contributed by atoms with van der Waals surface area (Å²) < 4.78 is 54.8. The van der Waals surface area contributed by atoms with E-state index in [-0.39, 0.29) is 37.1 Å². The van der Waals surface area contributed by atoms with Crippen molar-refractivity contribution in [2.45, 2.75) is 13.1 Å². The summed E-state index contributed by atoms with van der Waals surface area (Å²) in [6.45, 7) is 2.57. The van der Waals surface area contributed by atoms with Gasteiger partial charge in [0.2, 0.25) is 5.88 Å². The van der Waals surface area contributed by atoms with Gasteiger partial charge in [0.25, 0.3) is 0 Å². The molecule has 166 valence electrons. The highest BCUT2D eigenvalue weighted by Gasteiger charge is 2.34. The quantitative estimate of drug-likeness (QED) is 0.227. The number of halogens is 4. The number of anilines is 1. The molecule has 1 aromatic heterocycles. The Morgan fingerprint density at radius 2 is 1.93 bits per heavy atom. The fourth-order valence-corrected chi connectivity index (χ4v) is 2.37. The number of benzene rings is 1. The minimum absolute atomic E-state index is 0. The maximum absolute atomic E-state index is 12.9. The second kappa shape index (κ2) is 12.3. The number of aliphatic imine (C=N–C) groups is 1. The molecule has 2 N–H and O–H groups in total. The number of pyridine rings is 1. The van der Waals surface area contributed by atoms with Crippen LogP contribution in [-0.4, -0.2) is 44.9 Å². The number of aromatic nitrogens is 1. The summed E-state index contributed by atoms with van der Waals surface area (Å²) in [6.07, 6.45) is -3.28. The van der Waals surface area contributed by atoms with Crippen LogP contribution in [0.3, 0.4) is 0 Å². The van der Waals surface area contributed by atoms with Gasteiger partial charge in [-0.05, 0) is 31.2 Å². The molecular weight excluding hydrogens is 516 g/mol. The van der Waals surface area contributed by atoms with Gasteiger partial charge in [0.05, 0.1) is 20.3 Å². The molecule has 0 aliphatic carbocycles. The van der Waals surface area contributed by atoms with E-state index in [4.69, 9.17) is 14.2 Å². The SMILES string of the molecule is CCOc1ccc(NC(=NC)NCCOc2ncccc2C(F)(F)F)cc1OC.I. The molecule has 0 unspecified atom stereocenters. The Balaban J connectivity index is 0.00000450. The molecule has 0 saturated carbocycles. The largest absolute Gasteiger partial charge is 0.493 e. The first kappa shape index (κ1) is 25.6. The van der Waals surface area contributed by atoms with E-state index in [2.05, 4.69) is 20.6 Å². The second-order valence-corrected chi connectivity index (χ2v) is 5.62. The number of methoxy groups -OCH3 is 1. The molecule has 1 heterocycles. The van der Waals surface area contributed by atoms with Gasteiger partial charge in [-0.1, -0.05) is 0 Å². The Labute approximate surface area is 190 Å². The van der Waals surface area contributed by atoms with Crippen LogP contribution in [-0.2, 0) is 6.18 Å². The molecule has 2 aromatic rings. The lowest BCUT2D eigenvalue weighted by atomic mass is 10.2. The van der Waals surface area contributed by atoms with E-state index in [1.807, 2.05) is 6.92 Å². The van der Waals surface area contributed by atoms with Gasteiger partial charge >= 0.3 is 6.18 Å². The fraction of sp³-hybridized carbons (Fsp3) is 0.368. The topological polar surface area (TPSA) is 77.0 Å². The lowest BCUT2D eigenvalue weighted by molar-refractivity contribution is -0.139. The smallest absolute Gasteiger partial charge is 0.421 e. The molecule has 0 aliphatic rings. The lowest BCUT2D eigenvalue weighted by Crippen LogP contribution is -2.34. The first-order valence-corrected chi connectivity index (χ1v) is 8.82. The Kier molecular flexibility index (Phi) is 10.5. The Morgan fingerprint density at radius 3 is 2.57 bits per heavy atom. The third-order valence-corrected chi connectivity index (χ3v) is 3.66. The monoisotopic (exact) mass is 540 g/mol. The molecule has 0 bridgehead atoms. The molecule has 0 fully saturated rings. The number of alkyl halides is 3. The molecule has 7 nitrogen and oxygen atoms in total. The summed E-state index contributed by atoms with van der Waals surface area (Å²) in [5, 5.41) is 6.02. The zero-order valence-electron chi connectivity index (χ0n) is 16.7. The summed E-state index contributed by atoms with van der Waals surface area (Å²) in [5.74, 6) is 1.14. The highest BCUT2D eigenvalue weighted by atomic mass is 127. The predicted octanol–water partition coefficient (Wildman–Crippen LogP) is 4.19. The van der Waals surface area contributed by atoms with E-state index >= 15 is 0 Å². The maximum Gasteiger partial charge on any atom is 0.421 e. The van der Waals surface area contributed by atoms with Crippen LogP contribution in [0.2, 0.25) is 0 Å². The Bertz CT molecular complexity index is 835. The maximum atomic E-state index is 12.9. The van der Waals surface area contributed by atoms with Crippen molar-refractivity contribution >= 4 is 35.6 Å². The van der Waals surface area contributed by atoms with E-state index in [0.29, 0.717) is 29.8 Å². The van der Waals surface area contributed by atoms with Crippen LogP contribution in [0, 0.1) is 0 Å². The molecule has 11 heteroatoms. The third kappa shape index (κ3) is 7.43. The number of nitrogens with zero attached hydrogens (tertiary/aromatic N) is 2. The van der Waals surface area contributed by atoms with Gasteiger partial charge in [0, 0.05) is 25.0 Å². The van der Waals surface area contributed by atoms with Crippen LogP contribution < -0.4 is 24.8 Å². The molecule has 0 saturated heterocycles. The van der Waals surface area contributed by atoms with Gasteiger partial charge in [-0.15, -0.1) is 24.0 Å². The minimum atomic E-state index is -4.53. The standard InChI is InChI=1S/C19H23F3N4O3.HI/c1-4-28-15-8-7-13(12-16(15)27-3)26-18(23-2)25-10-11-29-17-14(19(20,21)22)6-5-9-24-17;/h5-9,12H,4,10-11H2,1-3H3,(H2,23,25,26);1H. The number of guanidine groups is 1. The van der Waals surface area contributed by atoms with Crippen LogP contribution in [0.4, 0.5) is 18.9 Å². The molecule has 0 amide bonds. The lowest BCUT2D eigenvalue weighted by Gasteiger charge is -2.15. The molecule has 2 rings (SSSR count). The van der Waals surface area contributed by atoms with Crippen LogP contribution in [0.5, 0.6) is 17.4 Å². The van der Waals surface area contributed by atoms with E-state index in [9.17, 15) is 13.2 Å². The number of ether oxygens (including phenoxy) is 3. The molecular formula is C19H24F3IN4O3. The summed E-state index contributed by atoms with van der Waals surface area (Å²) in [6, 6.07) is 7.44. The number of rotatable bonds is 8. The van der Waals surface area contributed by atoms with Gasteiger partial charge in [-0.2, -0.15) is 13.2 Å². The zero-order chi connectivity index (χ0) is 21.3. The minimum Gasteiger partial charge on any atom is -0.493 e.